The zero-order chi connectivity index (χ0) is 36.8. The lowest BCUT2D eigenvalue weighted by molar-refractivity contribution is -0.161. The summed E-state index contributed by atoms with van der Waals surface area (Å²) < 4.78 is 31.8. The maximum absolute atomic E-state index is 12.4. The summed E-state index contributed by atoms with van der Waals surface area (Å²) >= 11 is 0. The Kier molecular flexibility index (Phi) is 34.5. The van der Waals surface area contributed by atoms with E-state index in [1.54, 1.807) is 0 Å². The molecule has 0 amide bonds. The van der Waals surface area contributed by atoms with Crippen LogP contribution in [0.3, 0.4) is 0 Å². The van der Waals surface area contributed by atoms with Crippen molar-refractivity contribution in [1.29, 1.82) is 0 Å². The lowest BCUT2D eigenvalue weighted by atomic mass is 10.0. The lowest BCUT2D eigenvalue weighted by Crippen LogP contribution is -2.29. The monoisotopic (exact) mass is 720 g/mol. The SMILES string of the molecule is CC/C=C\C/C=C\C/C=C\C/C=C\C/C=C\C/C=C\CCC(=O)OC(COC(=O)CCCCCCCCCCCCCC)COP(=O)(O)OC. The van der Waals surface area contributed by atoms with Crippen LogP contribution in [0.1, 0.15) is 149 Å². The van der Waals surface area contributed by atoms with Crippen LogP contribution in [-0.2, 0) is 32.7 Å². The number of phosphoric ester groups is 1. The van der Waals surface area contributed by atoms with Crippen LogP contribution in [0.2, 0.25) is 0 Å². The van der Waals surface area contributed by atoms with Gasteiger partial charge in [-0.3, -0.25) is 18.6 Å². The first kappa shape index (κ1) is 47.5. The Morgan fingerprint density at radius 1 is 0.580 bits per heavy atom. The molecule has 9 heteroatoms. The summed E-state index contributed by atoms with van der Waals surface area (Å²) in [6, 6.07) is 0. The molecular weight excluding hydrogens is 651 g/mol. The molecule has 0 bridgehead atoms. The van der Waals surface area contributed by atoms with Crippen LogP contribution < -0.4 is 0 Å². The molecule has 2 unspecified atom stereocenters. The molecular formula is C41H69O8P. The first-order valence-corrected chi connectivity index (χ1v) is 20.6. The van der Waals surface area contributed by atoms with Gasteiger partial charge >= 0.3 is 19.8 Å². The third-order valence-corrected chi connectivity index (χ3v) is 8.67. The predicted octanol–water partition coefficient (Wildman–Crippen LogP) is 11.8. The van der Waals surface area contributed by atoms with Crippen LogP contribution in [0.4, 0.5) is 0 Å². The van der Waals surface area contributed by atoms with E-state index in [9.17, 15) is 19.0 Å². The third-order valence-electron chi connectivity index (χ3n) is 7.73. The zero-order valence-corrected chi connectivity index (χ0v) is 32.4. The van der Waals surface area contributed by atoms with Crippen molar-refractivity contribution in [1.82, 2.24) is 0 Å². The number of hydrogen-bond acceptors (Lipinski definition) is 7. The van der Waals surface area contributed by atoms with Gasteiger partial charge in [-0.1, -0.05) is 157 Å². The van der Waals surface area contributed by atoms with Gasteiger partial charge in [0.15, 0.2) is 6.10 Å². The van der Waals surface area contributed by atoms with Gasteiger partial charge in [0, 0.05) is 20.0 Å². The number of phosphoric acid groups is 1. The maximum atomic E-state index is 12.4. The summed E-state index contributed by atoms with van der Waals surface area (Å²) in [5.74, 6) is -0.907. The Morgan fingerprint density at radius 3 is 1.48 bits per heavy atom. The van der Waals surface area contributed by atoms with Gasteiger partial charge in [0.1, 0.15) is 6.61 Å². The van der Waals surface area contributed by atoms with Crippen LogP contribution in [0.5, 0.6) is 0 Å². The lowest BCUT2D eigenvalue weighted by Gasteiger charge is -2.19. The second-order valence-corrected chi connectivity index (χ2v) is 13.9. The zero-order valence-electron chi connectivity index (χ0n) is 31.5. The smallest absolute Gasteiger partial charge is 0.462 e. The molecule has 2 atom stereocenters. The number of hydrogen-bond donors (Lipinski definition) is 1. The van der Waals surface area contributed by atoms with E-state index in [1.807, 2.05) is 12.2 Å². The van der Waals surface area contributed by atoms with Gasteiger partial charge < -0.3 is 14.4 Å². The Bertz CT molecular complexity index is 1040. The number of unbranched alkanes of at least 4 members (excludes halogenated alkanes) is 11. The van der Waals surface area contributed by atoms with Gasteiger partial charge in [-0.15, -0.1) is 0 Å². The summed E-state index contributed by atoms with van der Waals surface area (Å²) in [4.78, 5) is 34.3. The van der Waals surface area contributed by atoms with Crippen molar-refractivity contribution in [3.8, 4) is 0 Å². The molecule has 0 aromatic rings. The Balaban J connectivity index is 4.21. The van der Waals surface area contributed by atoms with Crippen molar-refractivity contribution in [3.63, 3.8) is 0 Å². The summed E-state index contributed by atoms with van der Waals surface area (Å²) in [5.41, 5.74) is 0. The molecule has 0 saturated heterocycles. The van der Waals surface area contributed by atoms with Crippen molar-refractivity contribution >= 4 is 19.8 Å². The normalized spacial score (nSPS) is 14.2. The highest BCUT2D eigenvalue weighted by Gasteiger charge is 2.24. The van der Waals surface area contributed by atoms with E-state index in [4.69, 9.17) is 14.0 Å². The highest BCUT2D eigenvalue weighted by molar-refractivity contribution is 7.47. The van der Waals surface area contributed by atoms with Gasteiger partial charge in [0.2, 0.25) is 0 Å². The largest absolute Gasteiger partial charge is 0.472 e. The fourth-order valence-electron chi connectivity index (χ4n) is 4.80. The Labute approximate surface area is 304 Å². The number of rotatable bonds is 34. The highest BCUT2D eigenvalue weighted by Crippen LogP contribution is 2.42. The minimum absolute atomic E-state index is 0.118. The summed E-state index contributed by atoms with van der Waals surface area (Å²) in [5, 5.41) is 0. The molecule has 0 rings (SSSR count). The van der Waals surface area contributed by atoms with Crippen LogP contribution >= 0.6 is 7.82 Å². The average Bonchev–Trinajstić information content (AvgIpc) is 3.10. The predicted molar refractivity (Wildman–Crippen MR) is 207 cm³/mol. The topological polar surface area (TPSA) is 108 Å². The third kappa shape index (κ3) is 35.3. The van der Waals surface area contributed by atoms with E-state index < -0.39 is 32.5 Å². The summed E-state index contributed by atoms with van der Waals surface area (Å²) in [6.07, 6.45) is 45.4. The van der Waals surface area contributed by atoms with Gasteiger partial charge in [0.25, 0.3) is 0 Å². The molecule has 8 nitrogen and oxygen atoms in total. The van der Waals surface area contributed by atoms with Crippen molar-refractivity contribution < 1.29 is 37.6 Å². The Hall–Kier alpha value is -2.51. The molecule has 0 heterocycles. The number of esters is 2. The second-order valence-electron chi connectivity index (χ2n) is 12.3. The summed E-state index contributed by atoms with van der Waals surface area (Å²) in [6.45, 7) is 3.69. The standard InChI is InChI=1S/C41H69O8P/c1-4-6-8-10-12-14-16-18-19-20-21-22-23-24-26-28-30-32-34-36-41(43)49-39(38-48-50(44,45)46-3)37-47-40(42)35-33-31-29-27-25-17-15-13-11-9-7-5-2/h6,8,12,14,18-19,21-22,24,26,30,32,39H,4-5,7,9-11,13,15-17,20,23,25,27-29,31,33-38H2,1-3H3,(H,44,45)/b8-6-,14-12-,19-18-,22-21-,26-24-,32-30-. The molecule has 0 spiro atoms. The van der Waals surface area contributed by atoms with Crippen LogP contribution in [0.25, 0.3) is 0 Å². The minimum Gasteiger partial charge on any atom is -0.462 e. The van der Waals surface area contributed by atoms with E-state index in [0.717, 1.165) is 64.9 Å². The van der Waals surface area contributed by atoms with Crippen molar-refractivity contribution in [2.75, 3.05) is 20.3 Å². The highest BCUT2D eigenvalue weighted by atomic mass is 31.2. The summed E-state index contributed by atoms with van der Waals surface area (Å²) in [7, 11) is -3.23. The first-order chi connectivity index (χ1) is 24.3. The second kappa shape index (κ2) is 36.3. The molecule has 0 aromatic carbocycles. The number of ether oxygens (including phenoxy) is 2. The van der Waals surface area contributed by atoms with E-state index in [-0.39, 0.29) is 19.4 Å². The van der Waals surface area contributed by atoms with Gasteiger partial charge in [-0.2, -0.15) is 0 Å². The molecule has 0 aliphatic rings. The van der Waals surface area contributed by atoms with Gasteiger partial charge in [0.05, 0.1) is 6.61 Å². The molecule has 0 aliphatic heterocycles. The van der Waals surface area contributed by atoms with Crippen molar-refractivity contribution in [3.05, 3.63) is 72.9 Å². The number of carbonyl (C=O) groups is 2. The molecule has 0 radical (unpaired) electrons. The van der Waals surface area contributed by atoms with E-state index in [0.29, 0.717) is 6.42 Å². The van der Waals surface area contributed by atoms with E-state index >= 15 is 0 Å². The molecule has 0 saturated carbocycles. The number of carbonyl (C=O) groups excluding carboxylic acids is 2. The van der Waals surface area contributed by atoms with Gasteiger partial charge in [-0.05, 0) is 51.4 Å². The molecule has 286 valence electrons. The Morgan fingerprint density at radius 2 is 1.02 bits per heavy atom. The molecule has 0 fully saturated rings. The van der Waals surface area contributed by atoms with Crippen LogP contribution in [-0.4, -0.2) is 43.3 Å². The maximum Gasteiger partial charge on any atom is 0.472 e. The molecule has 0 aliphatic carbocycles. The van der Waals surface area contributed by atoms with E-state index in [1.165, 1.54) is 57.8 Å². The molecule has 50 heavy (non-hydrogen) atoms. The first-order valence-electron chi connectivity index (χ1n) is 19.1. The van der Waals surface area contributed by atoms with Crippen LogP contribution in [0.15, 0.2) is 72.9 Å². The molecule has 0 aromatic heterocycles. The average molecular weight is 721 g/mol. The fourth-order valence-corrected chi connectivity index (χ4v) is 5.26. The number of allylic oxidation sites excluding steroid dienone is 12. The fraction of sp³-hybridized carbons (Fsp3) is 0.659. The molecule has 1 N–H and O–H groups in total. The minimum atomic E-state index is -4.28. The van der Waals surface area contributed by atoms with Gasteiger partial charge in [-0.25, -0.2) is 4.57 Å². The van der Waals surface area contributed by atoms with Crippen molar-refractivity contribution in [2.45, 2.75) is 155 Å². The van der Waals surface area contributed by atoms with Crippen molar-refractivity contribution in [2.24, 2.45) is 0 Å². The van der Waals surface area contributed by atoms with Crippen LogP contribution in [0, 0.1) is 0 Å². The van der Waals surface area contributed by atoms with E-state index in [2.05, 4.69) is 79.1 Å². The quantitative estimate of drug-likeness (QED) is 0.0303.